The van der Waals surface area contributed by atoms with Gasteiger partial charge in [-0.05, 0) is 25.0 Å². The molecular weight excluding hydrogens is 362 g/mol. The molecule has 1 aromatic rings. The number of pyridine rings is 1. The summed E-state index contributed by atoms with van der Waals surface area (Å²) in [6.45, 7) is 2.65. The van der Waals surface area contributed by atoms with Crippen molar-refractivity contribution >= 4 is 23.7 Å². The maximum atomic E-state index is 12.7. The number of carboxylic acids is 1. The van der Waals surface area contributed by atoms with Crippen molar-refractivity contribution in [3.05, 3.63) is 23.9 Å². The summed E-state index contributed by atoms with van der Waals surface area (Å²) in [6.07, 6.45) is 2.90. The fourth-order valence-electron chi connectivity index (χ4n) is 3.61. The van der Waals surface area contributed by atoms with Crippen molar-refractivity contribution in [3.8, 4) is 0 Å². The van der Waals surface area contributed by atoms with Gasteiger partial charge in [0.05, 0.1) is 11.5 Å². The molecule has 2 saturated heterocycles. The third kappa shape index (κ3) is 4.35. The minimum absolute atomic E-state index is 0.0891. The normalized spacial score (nSPS) is 20.1. The number of aromatic nitrogens is 1. The van der Waals surface area contributed by atoms with Crippen LogP contribution in [0.3, 0.4) is 0 Å². The highest BCUT2D eigenvalue weighted by molar-refractivity contribution is 5.94. The molecule has 0 radical (unpaired) electrons. The number of carbonyl (C=O) groups excluding carboxylic acids is 2. The minimum Gasteiger partial charge on any atom is -0.481 e. The zero-order valence-electron chi connectivity index (χ0n) is 16.4. The average Bonchev–Trinajstić information content (AvgIpc) is 2.73. The lowest BCUT2D eigenvalue weighted by Crippen LogP contribution is -2.55. The number of carbonyl (C=O) groups is 3. The topological polar surface area (TPSA) is 97.3 Å². The van der Waals surface area contributed by atoms with Crippen molar-refractivity contribution in [2.24, 2.45) is 5.92 Å². The van der Waals surface area contributed by atoms with Crippen LogP contribution < -0.4 is 4.90 Å². The maximum absolute atomic E-state index is 12.7. The monoisotopic (exact) mass is 389 g/mol. The van der Waals surface area contributed by atoms with Gasteiger partial charge in [-0.1, -0.05) is 0 Å². The Bertz CT molecular complexity index is 728. The summed E-state index contributed by atoms with van der Waals surface area (Å²) in [6, 6.07) is 3.44. The predicted octanol–water partition coefficient (Wildman–Crippen LogP) is 0.822. The van der Waals surface area contributed by atoms with Crippen LogP contribution in [0.2, 0.25) is 0 Å². The number of amides is 3. The molecule has 9 heteroatoms. The van der Waals surface area contributed by atoms with Gasteiger partial charge in [-0.15, -0.1) is 0 Å². The lowest BCUT2D eigenvalue weighted by atomic mass is 9.98. The molecule has 2 aliphatic heterocycles. The van der Waals surface area contributed by atoms with E-state index in [1.165, 1.54) is 0 Å². The van der Waals surface area contributed by atoms with Crippen molar-refractivity contribution < 1.29 is 19.5 Å². The number of piperidine rings is 1. The van der Waals surface area contributed by atoms with Gasteiger partial charge in [-0.2, -0.15) is 0 Å². The van der Waals surface area contributed by atoms with Crippen LogP contribution >= 0.6 is 0 Å². The first-order valence-electron chi connectivity index (χ1n) is 9.56. The van der Waals surface area contributed by atoms with Gasteiger partial charge in [-0.3, -0.25) is 9.59 Å². The smallest absolute Gasteiger partial charge is 0.320 e. The highest BCUT2D eigenvalue weighted by Gasteiger charge is 2.32. The number of nitrogens with zero attached hydrogens (tertiary/aromatic N) is 5. The zero-order chi connectivity index (χ0) is 20.3. The fourth-order valence-corrected chi connectivity index (χ4v) is 3.61. The Morgan fingerprint density at radius 2 is 1.71 bits per heavy atom. The molecule has 3 heterocycles. The number of anilines is 1. The maximum Gasteiger partial charge on any atom is 0.320 e. The van der Waals surface area contributed by atoms with Crippen molar-refractivity contribution in [3.63, 3.8) is 0 Å². The molecule has 2 fully saturated rings. The Morgan fingerprint density at radius 1 is 1.04 bits per heavy atom. The van der Waals surface area contributed by atoms with Crippen molar-refractivity contribution in [1.82, 2.24) is 19.7 Å². The lowest BCUT2D eigenvalue weighted by Gasteiger charge is -2.39. The van der Waals surface area contributed by atoms with E-state index in [2.05, 4.69) is 4.98 Å². The van der Waals surface area contributed by atoms with Gasteiger partial charge in [0.25, 0.3) is 5.91 Å². The molecule has 2 aliphatic rings. The second-order valence-electron chi connectivity index (χ2n) is 7.48. The van der Waals surface area contributed by atoms with E-state index in [1.54, 1.807) is 27.0 Å². The molecule has 9 nitrogen and oxygen atoms in total. The van der Waals surface area contributed by atoms with Crippen LogP contribution in [0.5, 0.6) is 0 Å². The van der Waals surface area contributed by atoms with E-state index in [4.69, 9.17) is 0 Å². The Hall–Kier alpha value is -2.84. The summed E-state index contributed by atoms with van der Waals surface area (Å²) in [4.78, 5) is 47.8. The Kier molecular flexibility index (Phi) is 6.01. The van der Waals surface area contributed by atoms with Crippen LogP contribution in [-0.2, 0) is 4.79 Å². The average molecular weight is 389 g/mol. The molecule has 0 saturated carbocycles. The van der Waals surface area contributed by atoms with E-state index < -0.39 is 11.9 Å². The van der Waals surface area contributed by atoms with Crippen LogP contribution in [0.1, 0.15) is 23.2 Å². The van der Waals surface area contributed by atoms with E-state index in [-0.39, 0.29) is 18.5 Å². The summed E-state index contributed by atoms with van der Waals surface area (Å²) < 4.78 is 0. The molecule has 0 spiro atoms. The van der Waals surface area contributed by atoms with Gasteiger partial charge in [0.1, 0.15) is 5.82 Å². The lowest BCUT2D eigenvalue weighted by molar-refractivity contribution is -0.143. The first kappa shape index (κ1) is 19.9. The van der Waals surface area contributed by atoms with E-state index in [0.29, 0.717) is 51.1 Å². The molecule has 0 aromatic carbocycles. The highest BCUT2D eigenvalue weighted by atomic mass is 16.4. The third-order valence-electron chi connectivity index (χ3n) is 5.33. The Morgan fingerprint density at radius 3 is 2.29 bits per heavy atom. The van der Waals surface area contributed by atoms with Gasteiger partial charge in [0, 0.05) is 59.6 Å². The summed E-state index contributed by atoms with van der Waals surface area (Å²) >= 11 is 0. The van der Waals surface area contributed by atoms with Crippen LogP contribution in [0.15, 0.2) is 18.3 Å². The van der Waals surface area contributed by atoms with Gasteiger partial charge < -0.3 is 24.7 Å². The molecule has 1 atom stereocenters. The first-order chi connectivity index (χ1) is 13.4. The molecule has 1 unspecified atom stereocenters. The number of aliphatic carboxylic acids is 1. The van der Waals surface area contributed by atoms with Gasteiger partial charge in [-0.25, -0.2) is 9.78 Å². The number of hydrogen-bond donors (Lipinski definition) is 1. The summed E-state index contributed by atoms with van der Waals surface area (Å²) in [5, 5.41) is 9.20. The number of rotatable bonds is 3. The zero-order valence-corrected chi connectivity index (χ0v) is 16.4. The molecule has 1 aromatic heterocycles. The standard InChI is InChI=1S/C19H27N5O4/c1-21(2)16-6-5-14(12-20-16)17(25)22-8-10-23(11-9-22)19(28)24-7-3-4-15(13-24)18(26)27/h5-6,12,15H,3-4,7-11,13H2,1-2H3,(H,26,27). The summed E-state index contributed by atoms with van der Waals surface area (Å²) in [5.74, 6) is -0.637. The molecule has 0 bridgehead atoms. The van der Waals surface area contributed by atoms with E-state index >= 15 is 0 Å². The molecule has 28 heavy (non-hydrogen) atoms. The Labute approximate surface area is 164 Å². The Balaban J connectivity index is 1.54. The molecule has 0 aliphatic carbocycles. The molecule has 152 valence electrons. The van der Waals surface area contributed by atoms with Gasteiger partial charge in [0.2, 0.25) is 0 Å². The molecular formula is C19H27N5O4. The number of hydrogen-bond acceptors (Lipinski definition) is 5. The van der Waals surface area contributed by atoms with Crippen molar-refractivity contribution in [2.45, 2.75) is 12.8 Å². The van der Waals surface area contributed by atoms with Crippen LogP contribution in [-0.4, -0.2) is 96.1 Å². The van der Waals surface area contributed by atoms with E-state index in [0.717, 1.165) is 5.82 Å². The van der Waals surface area contributed by atoms with E-state index in [1.807, 2.05) is 25.1 Å². The van der Waals surface area contributed by atoms with Gasteiger partial charge >= 0.3 is 12.0 Å². The first-order valence-corrected chi connectivity index (χ1v) is 9.56. The van der Waals surface area contributed by atoms with E-state index in [9.17, 15) is 19.5 Å². The third-order valence-corrected chi connectivity index (χ3v) is 5.33. The van der Waals surface area contributed by atoms with Crippen LogP contribution in [0.25, 0.3) is 0 Å². The SMILES string of the molecule is CN(C)c1ccc(C(=O)N2CCN(C(=O)N3CCCC(C(=O)O)C3)CC2)cn1. The summed E-state index contributed by atoms with van der Waals surface area (Å²) in [5.41, 5.74) is 0.533. The predicted molar refractivity (Wildman–Crippen MR) is 103 cm³/mol. The largest absolute Gasteiger partial charge is 0.481 e. The van der Waals surface area contributed by atoms with Crippen molar-refractivity contribution in [1.29, 1.82) is 0 Å². The van der Waals surface area contributed by atoms with Gasteiger partial charge in [0.15, 0.2) is 0 Å². The molecule has 3 amide bonds. The number of likely N-dealkylation sites (tertiary alicyclic amines) is 1. The molecule has 1 N–H and O–H groups in total. The summed E-state index contributed by atoms with van der Waals surface area (Å²) in [7, 11) is 3.78. The second kappa shape index (κ2) is 8.45. The minimum atomic E-state index is -0.846. The molecule has 3 rings (SSSR count). The highest BCUT2D eigenvalue weighted by Crippen LogP contribution is 2.19. The van der Waals surface area contributed by atoms with Crippen molar-refractivity contribution in [2.75, 3.05) is 58.3 Å². The second-order valence-corrected chi connectivity index (χ2v) is 7.48. The number of piperazine rings is 1. The van der Waals surface area contributed by atoms with Crippen LogP contribution in [0, 0.1) is 5.92 Å². The number of urea groups is 1. The quantitative estimate of drug-likeness (QED) is 0.822. The fraction of sp³-hybridized carbons (Fsp3) is 0.579. The van der Waals surface area contributed by atoms with Crippen LogP contribution in [0.4, 0.5) is 10.6 Å². The number of carboxylic acid groups (broad SMARTS) is 1.